The van der Waals surface area contributed by atoms with Crippen molar-refractivity contribution in [3.63, 3.8) is 0 Å². The number of hydrogen-bond donors (Lipinski definition) is 0. The average molecular weight is 417 g/mol. The topological polar surface area (TPSA) is 101 Å². The highest BCUT2D eigenvalue weighted by Crippen LogP contribution is 2.48. The third-order valence-corrected chi connectivity index (χ3v) is 7.00. The van der Waals surface area contributed by atoms with Gasteiger partial charge < -0.3 is 4.90 Å². The Hall–Kier alpha value is -2.78. The lowest BCUT2D eigenvalue weighted by Crippen LogP contribution is -2.36. The molecule has 29 heavy (non-hydrogen) atoms. The van der Waals surface area contributed by atoms with Crippen LogP contribution in [0.4, 0.5) is 5.69 Å². The lowest BCUT2D eigenvalue weighted by Gasteiger charge is -2.18. The highest BCUT2D eigenvalue weighted by Gasteiger charge is 2.61. The van der Waals surface area contributed by atoms with Crippen molar-refractivity contribution in [2.45, 2.75) is 37.8 Å². The number of nitrogens with zero attached hydrogens (tertiary/aromatic N) is 3. The van der Waals surface area contributed by atoms with Crippen LogP contribution in [0.1, 0.15) is 31.0 Å². The molecule has 0 N–H and O–H groups in total. The molecule has 3 rings (SSSR count). The molecule has 1 saturated heterocycles. The van der Waals surface area contributed by atoms with Crippen molar-refractivity contribution in [3.05, 3.63) is 69.8 Å². The van der Waals surface area contributed by atoms with E-state index in [1.54, 1.807) is 17.0 Å². The molecule has 0 spiro atoms. The highest BCUT2D eigenvalue weighted by molar-refractivity contribution is 7.89. The summed E-state index contributed by atoms with van der Waals surface area (Å²) in [6.45, 7) is 6.47. The molecule has 3 atom stereocenters. The monoisotopic (exact) mass is 417 g/mol. The first-order chi connectivity index (χ1) is 13.7. The third kappa shape index (κ3) is 3.88. The summed E-state index contributed by atoms with van der Waals surface area (Å²) in [5, 5.41) is 10.9. The Morgan fingerprint density at radius 1 is 1.07 bits per heavy atom. The fourth-order valence-electron chi connectivity index (χ4n) is 3.43. The number of rotatable bonds is 7. The zero-order chi connectivity index (χ0) is 21.3. The van der Waals surface area contributed by atoms with Crippen LogP contribution in [-0.2, 0) is 14.8 Å². The first-order valence-electron chi connectivity index (χ1n) is 9.35. The Morgan fingerprint density at radius 2 is 1.62 bits per heavy atom. The number of non-ortho nitro benzene ring substituents is 1. The molecule has 1 unspecified atom stereocenters. The lowest BCUT2D eigenvalue weighted by molar-refractivity contribution is -0.384. The van der Waals surface area contributed by atoms with Crippen molar-refractivity contribution in [2.75, 3.05) is 13.1 Å². The van der Waals surface area contributed by atoms with Gasteiger partial charge in [0.05, 0.1) is 15.9 Å². The van der Waals surface area contributed by atoms with Gasteiger partial charge in [0.15, 0.2) is 0 Å². The van der Waals surface area contributed by atoms with Gasteiger partial charge in [-0.25, -0.2) is 8.42 Å². The molecule has 2 aromatic carbocycles. The van der Waals surface area contributed by atoms with E-state index in [2.05, 4.69) is 0 Å². The van der Waals surface area contributed by atoms with Crippen LogP contribution in [0.3, 0.4) is 0 Å². The zero-order valence-corrected chi connectivity index (χ0v) is 17.3. The second-order valence-electron chi connectivity index (χ2n) is 6.90. The number of hydrogen-bond acceptors (Lipinski definition) is 5. The van der Waals surface area contributed by atoms with E-state index in [1.807, 2.05) is 20.8 Å². The minimum absolute atomic E-state index is 0.0889. The molecule has 0 aliphatic carbocycles. The molecule has 1 aliphatic rings. The maximum atomic E-state index is 13.2. The predicted molar refractivity (Wildman–Crippen MR) is 108 cm³/mol. The molecule has 8 nitrogen and oxygen atoms in total. The number of benzene rings is 2. The minimum Gasteiger partial charge on any atom is -0.342 e. The number of nitro groups is 1. The van der Waals surface area contributed by atoms with Gasteiger partial charge in [0.25, 0.3) is 5.69 Å². The number of carbonyl (C=O) groups excluding carboxylic acids is 1. The van der Waals surface area contributed by atoms with E-state index in [4.69, 9.17) is 0 Å². The van der Waals surface area contributed by atoms with Crippen molar-refractivity contribution >= 4 is 21.6 Å². The summed E-state index contributed by atoms with van der Waals surface area (Å²) in [6, 6.07) is 10.6. The lowest BCUT2D eigenvalue weighted by atomic mass is 10.1. The summed E-state index contributed by atoms with van der Waals surface area (Å²) in [5.41, 5.74) is 1.39. The first-order valence-corrected chi connectivity index (χ1v) is 10.8. The Labute approximate surface area is 169 Å². The van der Waals surface area contributed by atoms with E-state index in [-0.39, 0.29) is 16.5 Å². The number of aryl methyl sites for hydroxylation is 1. The summed E-state index contributed by atoms with van der Waals surface area (Å²) in [4.78, 5) is 25.1. The van der Waals surface area contributed by atoms with Crippen molar-refractivity contribution in [1.29, 1.82) is 0 Å². The summed E-state index contributed by atoms with van der Waals surface area (Å²) < 4.78 is 27.6. The van der Waals surface area contributed by atoms with Gasteiger partial charge in [-0.3, -0.25) is 14.9 Å². The minimum atomic E-state index is -3.90. The van der Waals surface area contributed by atoms with E-state index in [1.165, 1.54) is 40.7 Å². The molecule has 1 heterocycles. The molecule has 0 aromatic heterocycles. The van der Waals surface area contributed by atoms with Crippen LogP contribution in [0, 0.1) is 17.0 Å². The molecule has 2 aromatic rings. The maximum absolute atomic E-state index is 13.2. The van der Waals surface area contributed by atoms with Gasteiger partial charge >= 0.3 is 0 Å². The fourth-order valence-corrected chi connectivity index (χ4v) is 5.14. The van der Waals surface area contributed by atoms with Gasteiger partial charge in [0.1, 0.15) is 6.04 Å². The second-order valence-corrected chi connectivity index (χ2v) is 8.74. The summed E-state index contributed by atoms with van der Waals surface area (Å²) in [5.74, 6) is -0.269. The summed E-state index contributed by atoms with van der Waals surface area (Å²) >= 11 is 0. The molecule has 1 amide bonds. The van der Waals surface area contributed by atoms with Gasteiger partial charge in [-0.2, -0.15) is 4.31 Å². The molecule has 9 heteroatoms. The molecule has 154 valence electrons. The summed E-state index contributed by atoms with van der Waals surface area (Å²) in [6.07, 6.45) is 0. The van der Waals surface area contributed by atoms with Crippen LogP contribution in [0.5, 0.6) is 0 Å². The Bertz CT molecular complexity index is 1020. The van der Waals surface area contributed by atoms with E-state index in [0.29, 0.717) is 18.7 Å². The molecule has 1 fully saturated rings. The smallest absolute Gasteiger partial charge is 0.269 e. The van der Waals surface area contributed by atoms with E-state index in [9.17, 15) is 23.3 Å². The van der Waals surface area contributed by atoms with Crippen molar-refractivity contribution < 1.29 is 18.1 Å². The quantitative estimate of drug-likeness (QED) is 0.392. The molecular weight excluding hydrogens is 394 g/mol. The maximum Gasteiger partial charge on any atom is 0.269 e. The first kappa shape index (κ1) is 20.9. The van der Waals surface area contributed by atoms with Crippen LogP contribution in [0.2, 0.25) is 0 Å². The van der Waals surface area contributed by atoms with E-state index < -0.39 is 27.0 Å². The molecular formula is C20H23N3O5S. The normalized spacial score (nSPS) is 20.9. The predicted octanol–water partition coefficient (Wildman–Crippen LogP) is 2.89. The number of sulfonamides is 1. The number of nitro benzene ring substituents is 1. The van der Waals surface area contributed by atoms with E-state index >= 15 is 0 Å². The Balaban J connectivity index is 2.00. The van der Waals surface area contributed by atoms with Crippen LogP contribution in [0.25, 0.3) is 0 Å². The summed E-state index contributed by atoms with van der Waals surface area (Å²) in [7, 11) is -3.90. The molecule has 0 saturated carbocycles. The van der Waals surface area contributed by atoms with Gasteiger partial charge in [0.2, 0.25) is 15.9 Å². The molecule has 0 bridgehead atoms. The Kier molecular flexibility index (Phi) is 5.72. The van der Waals surface area contributed by atoms with E-state index in [0.717, 1.165) is 5.56 Å². The van der Waals surface area contributed by atoms with Crippen LogP contribution in [-0.4, -0.2) is 47.6 Å². The number of carbonyl (C=O) groups is 1. The highest BCUT2D eigenvalue weighted by atomic mass is 32.2. The van der Waals surface area contributed by atoms with Crippen molar-refractivity contribution in [3.8, 4) is 0 Å². The fraction of sp³-hybridized carbons (Fsp3) is 0.350. The van der Waals surface area contributed by atoms with Crippen molar-refractivity contribution in [1.82, 2.24) is 9.21 Å². The van der Waals surface area contributed by atoms with Gasteiger partial charge in [0, 0.05) is 25.2 Å². The van der Waals surface area contributed by atoms with Crippen LogP contribution < -0.4 is 0 Å². The second kappa shape index (κ2) is 7.92. The SMILES string of the molecule is CCN(CC)C(=O)[C@@H]1[C@@H](c2ccc([N+](=O)[O-])cc2)N1S(=O)(=O)c1ccc(C)cc1. The van der Waals surface area contributed by atoms with Crippen LogP contribution >= 0.6 is 0 Å². The van der Waals surface area contributed by atoms with Crippen LogP contribution in [0.15, 0.2) is 53.4 Å². The number of likely N-dealkylation sites (N-methyl/N-ethyl adjacent to an activating group) is 1. The molecule has 1 aliphatic heterocycles. The third-order valence-electron chi connectivity index (χ3n) is 5.13. The zero-order valence-electron chi connectivity index (χ0n) is 16.5. The standard InChI is InChI=1S/C20H23N3O5S/c1-4-21(5-2)20(24)19-18(15-8-10-16(11-9-15)23(25)26)22(19)29(27,28)17-12-6-14(3)7-13-17/h6-13,18-19H,4-5H2,1-3H3/t18-,19+,22?/m1/s1. The average Bonchev–Trinajstić information content (AvgIpc) is 3.46. The van der Waals surface area contributed by atoms with Gasteiger partial charge in [-0.05, 0) is 38.5 Å². The molecule has 0 radical (unpaired) electrons. The number of amides is 1. The van der Waals surface area contributed by atoms with Gasteiger partial charge in [-0.15, -0.1) is 0 Å². The Morgan fingerprint density at radius 3 is 2.10 bits per heavy atom. The largest absolute Gasteiger partial charge is 0.342 e. The van der Waals surface area contributed by atoms with Gasteiger partial charge in [-0.1, -0.05) is 29.8 Å². The van der Waals surface area contributed by atoms with Crippen molar-refractivity contribution in [2.24, 2.45) is 0 Å².